The van der Waals surface area contributed by atoms with Gasteiger partial charge in [0.1, 0.15) is 0 Å². The molecule has 0 saturated heterocycles. The van der Waals surface area contributed by atoms with Crippen LogP contribution in [-0.2, 0) is 10.0 Å². The maximum absolute atomic E-state index is 11.8. The maximum Gasteiger partial charge on any atom is 0.251 e. The Morgan fingerprint density at radius 1 is 1.20 bits per heavy atom. The molecule has 0 spiro atoms. The predicted molar refractivity (Wildman–Crippen MR) is 78.8 cm³/mol. The number of carbonyl (C=O) groups excluding carboxylic acids is 1. The summed E-state index contributed by atoms with van der Waals surface area (Å²) in [6.45, 7) is 4.97. The summed E-state index contributed by atoms with van der Waals surface area (Å²) in [5, 5.41) is 7.80. The number of benzene rings is 1. The average molecular weight is 298 g/mol. The summed E-state index contributed by atoms with van der Waals surface area (Å²) in [7, 11) is -3.71. The molecule has 0 heterocycles. The fraction of sp³-hybridized carbons (Fsp3) is 0.500. The highest BCUT2D eigenvalue weighted by Crippen LogP contribution is 2.09. The number of carbonyl (C=O) groups is 1. The van der Waals surface area contributed by atoms with E-state index in [4.69, 9.17) is 5.14 Å². The second kappa shape index (κ2) is 7.40. The van der Waals surface area contributed by atoms with Gasteiger partial charge in [-0.15, -0.1) is 0 Å². The van der Waals surface area contributed by atoms with Crippen molar-refractivity contribution in [1.29, 1.82) is 0 Å². The molecule has 0 radical (unpaired) electrons. The van der Waals surface area contributed by atoms with Crippen molar-refractivity contribution >= 4 is 15.9 Å². The molecule has 20 heavy (non-hydrogen) atoms. The minimum atomic E-state index is -3.71. The van der Waals surface area contributed by atoms with Gasteiger partial charge in [0.15, 0.2) is 0 Å². The van der Waals surface area contributed by atoms with E-state index in [1.807, 2.05) is 0 Å². The topological polar surface area (TPSA) is 89.3 Å². The van der Waals surface area contributed by atoms with E-state index in [0.29, 0.717) is 18.0 Å². The number of primary sulfonamides is 1. The van der Waals surface area contributed by atoms with Crippen LogP contribution in [0.1, 0.15) is 43.5 Å². The number of hydrogen-bond acceptors (Lipinski definition) is 3. The first-order valence-electron chi connectivity index (χ1n) is 6.72. The zero-order chi connectivity index (χ0) is 15.2. The Hall–Kier alpha value is -1.40. The van der Waals surface area contributed by atoms with Crippen molar-refractivity contribution in [2.45, 2.75) is 38.0 Å². The van der Waals surface area contributed by atoms with Crippen LogP contribution < -0.4 is 10.5 Å². The minimum absolute atomic E-state index is 0.00554. The first-order chi connectivity index (χ1) is 9.30. The van der Waals surface area contributed by atoms with Crippen LogP contribution in [-0.4, -0.2) is 20.9 Å². The monoisotopic (exact) mass is 298 g/mol. The standard InChI is InChI=1S/C14H22N2O3S/c1-11(2)5-3-4-10-16-14(17)12-6-8-13(9-7-12)20(15,18)19/h6-9,11H,3-5,10H2,1-2H3,(H,16,17)(H2,15,18,19). The van der Waals surface area contributed by atoms with Crippen molar-refractivity contribution in [3.05, 3.63) is 29.8 Å². The molecule has 6 heteroatoms. The normalized spacial score (nSPS) is 11.6. The van der Waals surface area contributed by atoms with Gasteiger partial charge in [0.2, 0.25) is 10.0 Å². The quantitative estimate of drug-likeness (QED) is 0.753. The second-order valence-corrected chi connectivity index (χ2v) is 6.78. The van der Waals surface area contributed by atoms with E-state index < -0.39 is 10.0 Å². The molecule has 112 valence electrons. The highest BCUT2D eigenvalue weighted by Gasteiger charge is 2.09. The average Bonchev–Trinajstić information content (AvgIpc) is 2.37. The highest BCUT2D eigenvalue weighted by molar-refractivity contribution is 7.89. The van der Waals surface area contributed by atoms with Gasteiger partial charge in [-0.1, -0.05) is 26.7 Å². The van der Waals surface area contributed by atoms with E-state index in [2.05, 4.69) is 19.2 Å². The third kappa shape index (κ3) is 5.71. The lowest BCUT2D eigenvalue weighted by Gasteiger charge is -2.07. The first kappa shape index (κ1) is 16.7. The van der Waals surface area contributed by atoms with E-state index in [9.17, 15) is 13.2 Å². The summed E-state index contributed by atoms with van der Waals surface area (Å²) >= 11 is 0. The SMILES string of the molecule is CC(C)CCCCNC(=O)c1ccc(S(N)(=O)=O)cc1. The molecule has 0 aliphatic heterocycles. The van der Waals surface area contributed by atoms with Gasteiger partial charge >= 0.3 is 0 Å². The molecular weight excluding hydrogens is 276 g/mol. The number of sulfonamides is 1. The molecule has 0 bridgehead atoms. The van der Waals surface area contributed by atoms with E-state index in [-0.39, 0.29) is 10.8 Å². The van der Waals surface area contributed by atoms with Gasteiger partial charge < -0.3 is 5.32 Å². The summed E-state index contributed by atoms with van der Waals surface area (Å²) in [5.41, 5.74) is 0.432. The van der Waals surface area contributed by atoms with Crippen molar-refractivity contribution < 1.29 is 13.2 Å². The zero-order valence-corrected chi connectivity index (χ0v) is 12.7. The zero-order valence-electron chi connectivity index (χ0n) is 11.9. The third-order valence-electron chi connectivity index (χ3n) is 2.94. The van der Waals surface area contributed by atoms with Crippen LogP contribution in [0.15, 0.2) is 29.2 Å². The van der Waals surface area contributed by atoms with Crippen LogP contribution in [0.2, 0.25) is 0 Å². The molecule has 1 amide bonds. The third-order valence-corrected chi connectivity index (χ3v) is 3.87. The van der Waals surface area contributed by atoms with E-state index in [1.165, 1.54) is 24.3 Å². The minimum Gasteiger partial charge on any atom is -0.352 e. The number of nitrogens with two attached hydrogens (primary N) is 1. The largest absolute Gasteiger partial charge is 0.352 e. The van der Waals surface area contributed by atoms with E-state index in [1.54, 1.807) is 0 Å². The molecular formula is C14H22N2O3S. The van der Waals surface area contributed by atoms with Crippen molar-refractivity contribution in [1.82, 2.24) is 5.32 Å². The van der Waals surface area contributed by atoms with Crippen LogP contribution in [0, 0.1) is 5.92 Å². The molecule has 1 aromatic carbocycles. The molecule has 0 fully saturated rings. The fourth-order valence-electron chi connectivity index (χ4n) is 1.78. The Labute approximate surface area is 120 Å². The van der Waals surface area contributed by atoms with Gasteiger partial charge in [0, 0.05) is 12.1 Å². The van der Waals surface area contributed by atoms with Crippen molar-refractivity contribution in [3.8, 4) is 0 Å². The molecule has 0 unspecified atom stereocenters. The van der Waals surface area contributed by atoms with Crippen molar-refractivity contribution in [2.24, 2.45) is 11.1 Å². The molecule has 0 aromatic heterocycles. The van der Waals surface area contributed by atoms with Crippen LogP contribution in [0.5, 0.6) is 0 Å². The highest BCUT2D eigenvalue weighted by atomic mass is 32.2. The van der Waals surface area contributed by atoms with Crippen LogP contribution in [0.25, 0.3) is 0 Å². The molecule has 0 aliphatic carbocycles. The van der Waals surface area contributed by atoms with Crippen LogP contribution in [0.4, 0.5) is 0 Å². The van der Waals surface area contributed by atoms with Gasteiger partial charge in [-0.05, 0) is 36.6 Å². The lowest BCUT2D eigenvalue weighted by atomic mass is 10.1. The summed E-state index contributed by atoms with van der Waals surface area (Å²) in [6, 6.07) is 5.60. The number of nitrogens with one attached hydrogen (secondary N) is 1. The maximum atomic E-state index is 11.8. The van der Waals surface area contributed by atoms with Crippen molar-refractivity contribution in [3.63, 3.8) is 0 Å². The van der Waals surface area contributed by atoms with Gasteiger partial charge in [-0.3, -0.25) is 4.79 Å². The Balaban J connectivity index is 2.44. The first-order valence-corrected chi connectivity index (χ1v) is 8.26. The summed E-state index contributed by atoms with van der Waals surface area (Å²) < 4.78 is 22.2. The Morgan fingerprint density at radius 3 is 2.30 bits per heavy atom. The smallest absolute Gasteiger partial charge is 0.251 e. The number of hydrogen-bond donors (Lipinski definition) is 2. The Kier molecular flexibility index (Phi) is 6.16. The van der Waals surface area contributed by atoms with Gasteiger partial charge in [-0.2, -0.15) is 0 Å². The molecule has 5 nitrogen and oxygen atoms in total. The molecule has 0 saturated carbocycles. The van der Waals surface area contributed by atoms with Gasteiger partial charge in [-0.25, -0.2) is 13.6 Å². The fourth-order valence-corrected chi connectivity index (χ4v) is 2.29. The van der Waals surface area contributed by atoms with E-state index in [0.717, 1.165) is 19.3 Å². The Bertz CT molecular complexity index is 536. The number of amides is 1. The second-order valence-electron chi connectivity index (χ2n) is 5.21. The van der Waals surface area contributed by atoms with Crippen LogP contribution >= 0.6 is 0 Å². The van der Waals surface area contributed by atoms with Gasteiger partial charge in [0.05, 0.1) is 4.90 Å². The lowest BCUT2D eigenvalue weighted by molar-refractivity contribution is 0.0953. The molecule has 3 N–H and O–H groups in total. The molecule has 0 aliphatic rings. The van der Waals surface area contributed by atoms with Gasteiger partial charge in [0.25, 0.3) is 5.91 Å². The summed E-state index contributed by atoms with van der Waals surface area (Å²) in [6.07, 6.45) is 3.18. The Morgan fingerprint density at radius 2 is 1.80 bits per heavy atom. The summed E-state index contributed by atoms with van der Waals surface area (Å²) in [4.78, 5) is 11.8. The summed E-state index contributed by atoms with van der Waals surface area (Å²) in [5.74, 6) is 0.479. The van der Waals surface area contributed by atoms with Crippen molar-refractivity contribution in [2.75, 3.05) is 6.54 Å². The molecule has 0 atom stereocenters. The van der Waals surface area contributed by atoms with E-state index >= 15 is 0 Å². The molecule has 1 aromatic rings. The molecule has 1 rings (SSSR count). The van der Waals surface area contributed by atoms with Crippen LogP contribution in [0.3, 0.4) is 0 Å². The lowest BCUT2D eigenvalue weighted by Crippen LogP contribution is -2.24. The number of unbranched alkanes of at least 4 members (excludes halogenated alkanes) is 1. The number of rotatable bonds is 7. The predicted octanol–water partition coefficient (Wildman–Crippen LogP) is 1.89.